The third-order valence-electron chi connectivity index (χ3n) is 7.23. The van der Waals surface area contributed by atoms with Gasteiger partial charge in [-0.1, -0.05) is 58.0 Å². The number of benzene rings is 3. The van der Waals surface area contributed by atoms with Crippen LogP contribution in [0, 0.1) is 13.8 Å². The molecule has 0 radical (unpaired) electrons. The van der Waals surface area contributed by atoms with Gasteiger partial charge in [-0.3, -0.25) is 4.79 Å². The number of carbonyl (C=O) groups excluding carboxylic acids is 1. The van der Waals surface area contributed by atoms with Crippen LogP contribution in [0.5, 0.6) is 11.5 Å². The number of carbonyl (C=O) groups is 2. The number of hydrogen-bond donors (Lipinski definition) is 2. The van der Waals surface area contributed by atoms with Crippen LogP contribution in [-0.4, -0.2) is 30.4 Å². The Kier molecular flexibility index (Phi) is 8.63. The summed E-state index contributed by atoms with van der Waals surface area (Å²) in [5, 5.41) is 19.3. The molecule has 3 aromatic carbocycles. The molecule has 42 heavy (non-hydrogen) atoms. The van der Waals surface area contributed by atoms with Crippen LogP contribution in [0.3, 0.4) is 0 Å². The maximum absolute atomic E-state index is 14.1. The number of phenols is 1. The van der Waals surface area contributed by atoms with Crippen LogP contribution < -0.4 is 4.18 Å². The Bertz CT molecular complexity index is 1730. The second kappa shape index (κ2) is 11.9. The summed E-state index contributed by atoms with van der Waals surface area (Å²) in [5.41, 5.74) is 3.21. The molecule has 0 atom stereocenters. The average molecular weight is 591 g/mol. The van der Waals surface area contributed by atoms with Crippen LogP contribution in [0.2, 0.25) is 0 Å². The van der Waals surface area contributed by atoms with Crippen molar-refractivity contribution in [2.24, 2.45) is 0 Å². The van der Waals surface area contributed by atoms with Gasteiger partial charge in [-0.2, -0.15) is 8.42 Å². The van der Waals surface area contributed by atoms with Gasteiger partial charge in [-0.15, -0.1) is 0 Å². The molecule has 0 aliphatic rings. The van der Waals surface area contributed by atoms with Crippen molar-refractivity contribution in [3.8, 4) is 11.5 Å². The van der Waals surface area contributed by atoms with Gasteiger partial charge in [-0.25, -0.2) is 4.79 Å². The van der Waals surface area contributed by atoms with Crippen molar-refractivity contribution in [2.45, 2.75) is 64.7 Å². The summed E-state index contributed by atoms with van der Waals surface area (Å²) in [4.78, 5) is 25.0. The third-order valence-corrected chi connectivity index (χ3v) is 8.44. The summed E-state index contributed by atoms with van der Waals surface area (Å²) < 4.78 is 38.4. The SMILES string of the molecule is Cc1oc(Cc2ccccc2)c(C(=O)c2cc(C(C)C)c(OS(=O)(=O)c3ccc(C(=O)O)c(O)c3)c(C(C)C)c2)c1C. The topological polar surface area (TPSA) is 131 Å². The van der Waals surface area contributed by atoms with E-state index in [1.807, 2.05) is 71.9 Å². The summed E-state index contributed by atoms with van der Waals surface area (Å²) in [6.07, 6.45) is 0.442. The predicted octanol–water partition coefficient (Wildman–Crippen LogP) is 7.14. The Morgan fingerprint density at radius 3 is 2.02 bits per heavy atom. The van der Waals surface area contributed by atoms with E-state index in [4.69, 9.17) is 8.60 Å². The van der Waals surface area contributed by atoms with E-state index in [0.717, 1.165) is 29.3 Å². The third kappa shape index (κ3) is 6.11. The van der Waals surface area contributed by atoms with Crippen molar-refractivity contribution in [3.05, 3.63) is 111 Å². The van der Waals surface area contributed by atoms with E-state index in [9.17, 15) is 28.2 Å². The molecule has 4 aromatic rings. The molecule has 0 fully saturated rings. The van der Waals surface area contributed by atoms with E-state index in [1.54, 1.807) is 12.1 Å². The highest BCUT2D eigenvalue weighted by Crippen LogP contribution is 2.39. The lowest BCUT2D eigenvalue weighted by Gasteiger charge is -2.21. The molecule has 0 amide bonds. The first-order chi connectivity index (χ1) is 19.7. The fourth-order valence-corrected chi connectivity index (χ4v) is 5.81. The molecule has 8 nitrogen and oxygen atoms in total. The standard InChI is InChI=1S/C33H34O8S/c1-18(2)26-15-23(31(35)30-20(5)21(6)40-29(30)14-22-10-8-7-9-11-22)16-27(19(3)4)32(26)41-42(38,39)24-12-13-25(33(36)37)28(34)17-24/h7-13,15-19,34H,14H2,1-6H3,(H,36,37). The fraction of sp³-hybridized carbons (Fsp3) is 0.273. The monoisotopic (exact) mass is 590 g/mol. The van der Waals surface area contributed by atoms with Crippen molar-refractivity contribution in [2.75, 3.05) is 0 Å². The largest absolute Gasteiger partial charge is 0.507 e. The molecule has 0 unspecified atom stereocenters. The number of rotatable bonds is 10. The first kappa shape index (κ1) is 30.6. The number of aromatic hydroxyl groups is 1. The second-order valence-electron chi connectivity index (χ2n) is 10.9. The maximum Gasteiger partial charge on any atom is 0.339 e. The predicted molar refractivity (Wildman–Crippen MR) is 158 cm³/mol. The van der Waals surface area contributed by atoms with Gasteiger partial charge in [0.25, 0.3) is 0 Å². The lowest BCUT2D eigenvalue weighted by Crippen LogP contribution is -2.15. The van der Waals surface area contributed by atoms with Crippen molar-refractivity contribution in [1.29, 1.82) is 0 Å². The summed E-state index contributed by atoms with van der Waals surface area (Å²) >= 11 is 0. The van der Waals surface area contributed by atoms with Gasteiger partial charge in [0.15, 0.2) is 5.78 Å². The fourth-order valence-electron chi connectivity index (χ4n) is 4.81. The minimum Gasteiger partial charge on any atom is -0.507 e. The molecule has 4 rings (SSSR count). The van der Waals surface area contributed by atoms with E-state index in [2.05, 4.69) is 0 Å². The number of ketones is 1. The van der Waals surface area contributed by atoms with E-state index >= 15 is 0 Å². The van der Waals surface area contributed by atoms with Gasteiger partial charge in [0.1, 0.15) is 33.5 Å². The first-order valence-corrected chi connectivity index (χ1v) is 15.0. The van der Waals surface area contributed by atoms with E-state index in [-0.39, 0.29) is 23.4 Å². The normalized spacial score (nSPS) is 11.7. The number of carboxylic acid groups (broad SMARTS) is 1. The lowest BCUT2D eigenvalue weighted by atomic mass is 9.88. The van der Waals surface area contributed by atoms with Gasteiger partial charge < -0.3 is 18.8 Å². The first-order valence-electron chi connectivity index (χ1n) is 13.6. The maximum atomic E-state index is 14.1. The second-order valence-corrected chi connectivity index (χ2v) is 12.4. The molecule has 2 N–H and O–H groups in total. The van der Waals surface area contributed by atoms with Gasteiger partial charge in [-0.05, 0) is 66.6 Å². The summed E-state index contributed by atoms with van der Waals surface area (Å²) in [7, 11) is -4.47. The minimum absolute atomic E-state index is 0.1000. The molecule has 1 aromatic heterocycles. The molecule has 0 aliphatic heterocycles. The number of furan rings is 1. The van der Waals surface area contributed by atoms with Gasteiger partial charge in [0, 0.05) is 23.6 Å². The quantitative estimate of drug-likeness (QED) is 0.147. The van der Waals surface area contributed by atoms with Crippen molar-refractivity contribution < 1.29 is 36.8 Å². The van der Waals surface area contributed by atoms with Crippen LogP contribution in [0.4, 0.5) is 0 Å². The van der Waals surface area contributed by atoms with Crippen LogP contribution in [-0.2, 0) is 16.5 Å². The highest BCUT2D eigenvalue weighted by atomic mass is 32.2. The Balaban J connectivity index is 1.81. The summed E-state index contributed by atoms with van der Waals surface area (Å²) in [6.45, 7) is 11.2. The highest BCUT2D eigenvalue weighted by Gasteiger charge is 2.29. The smallest absolute Gasteiger partial charge is 0.339 e. The summed E-state index contributed by atoms with van der Waals surface area (Å²) in [5.74, 6) is -1.45. The minimum atomic E-state index is -4.47. The number of aromatic carboxylic acids is 1. The zero-order chi connectivity index (χ0) is 30.9. The number of carboxylic acids is 1. The Morgan fingerprint density at radius 2 is 1.50 bits per heavy atom. The molecule has 0 aliphatic carbocycles. The van der Waals surface area contributed by atoms with Crippen LogP contribution in [0.25, 0.3) is 0 Å². The van der Waals surface area contributed by atoms with Crippen molar-refractivity contribution >= 4 is 21.9 Å². The van der Waals surface area contributed by atoms with Crippen LogP contribution in [0.15, 0.2) is 70.0 Å². The Hall–Kier alpha value is -4.37. The molecule has 9 heteroatoms. The van der Waals surface area contributed by atoms with E-state index in [1.165, 1.54) is 0 Å². The molecular formula is C33H34O8S. The van der Waals surface area contributed by atoms with Gasteiger partial charge in [0.2, 0.25) is 0 Å². The molecule has 0 bridgehead atoms. The lowest BCUT2D eigenvalue weighted by molar-refractivity contribution is 0.0693. The molecule has 0 saturated carbocycles. The number of aryl methyl sites for hydroxylation is 1. The molecule has 0 saturated heterocycles. The number of hydrogen-bond acceptors (Lipinski definition) is 7. The van der Waals surface area contributed by atoms with Gasteiger partial charge in [0.05, 0.1) is 5.56 Å². The van der Waals surface area contributed by atoms with Crippen molar-refractivity contribution in [3.63, 3.8) is 0 Å². The molecule has 0 spiro atoms. The zero-order valence-corrected chi connectivity index (χ0v) is 25.2. The zero-order valence-electron chi connectivity index (χ0n) is 24.4. The molecular weight excluding hydrogens is 556 g/mol. The highest BCUT2D eigenvalue weighted by molar-refractivity contribution is 7.87. The average Bonchev–Trinajstić information content (AvgIpc) is 3.20. The van der Waals surface area contributed by atoms with E-state index in [0.29, 0.717) is 40.2 Å². The van der Waals surface area contributed by atoms with Crippen molar-refractivity contribution in [1.82, 2.24) is 0 Å². The van der Waals surface area contributed by atoms with Crippen LogP contribution >= 0.6 is 0 Å². The Labute approximate surface area is 245 Å². The van der Waals surface area contributed by atoms with Gasteiger partial charge >= 0.3 is 16.1 Å². The molecule has 220 valence electrons. The van der Waals surface area contributed by atoms with Crippen LogP contribution in [0.1, 0.15) is 99.6 Å². The Morgan fingerprint density at radius 1 is 0.905 bits per heavy atom. The molecule has 1 heterocycles. The van der Waals surface area contributed by atoms with E-state index < -0.39 is 32.3 Å². The summed E-state index contributed by atoms with van der Waals surface area (Å²) in [6, 6.07) is 15.9.